The third kappa shape index (κ3) is 3.19. The van der Waals surface area contributed by atoms with Crippen LogP contribution in [0.15, 0.2) is 0 Å². The van der Waals surface area contributed by atoms with E-state index >= 15 is 0 Å². The van der Waals surface area contributed by atoms with Gasteiger partial charge in [-0.25, -0.2) is 0 Å². The van der Waals surface area contributed by atoms with Gasteiger partial charge < -0.3 is 25.6 Å². The van der Waals surface area contributed by atoms with Crippen LogP contribution in [0.5, 0.6) is 0 Å². The van der Waals surface area contributed by atoms with Crippen molar-refractivity contribution < 1.29 is 25.1 Å². The molecular formula is C10H20BNO5. The second-order valence-electron chi connectivity index (χ2n) is 4.94. The van der Waals surface area contributed by atoms with Crippen molar-refractivity contribution >= 4 is 13.1 Å². The summed E-state index contributed by atoms with van der Waals surface area (Å²) in [6, 6.07) is -0.685. The molecule has 3 unspecified atom stereocenters. The molecule has 5 N–H and O–H groups in total. The SMILES string of the molecule is CC1(CCCB(O)O)C(CO)CNC1C(=O)O. The van der Waals surface area contributed by atoms with Crippen molar-refractivity contribution in [3.63, 3.8) is 0 Å². The number of hydrogen-bond donors (Lipinski definition) is 5. The zero-order valence-electron chi connectivity index (χ0n) is 9.96. The molecule has 0 bridgehead atoms. The quantitative estimate of drug-likeness (QED) is 0.380. The van der Waals surface area contributed by atoms with Crippen molar-refractivity contribution in [2.75, 3.05) is 13.2 Å². The molecule has 0 radical (unpaired) electrons. The maximum Gasteiger partial charge on any atom is 0.451 e. The van der Waals surface area contributed by atoms with Gasteiger partial charge >= 0.3 is 13.1 Å². The van der Waals surface area contributed by atoms with Gasteiger partial charge in [0.2, 0.25) is 0 Å². The maximum absolute atomic E-state index is 11.1. The number of nitrogens with one attached hydrogen (secondary N) is 1. The summed E-state index contributed by atoms with van der Waals surface area (Å²) >= 11 is 0. The van der Waals surface area contributed by atoms with Crippen molar-refractivity contribution in [1.82, 2.24) is 5.32 Å². The number of carbonyl (C=O) groups is 1. The van der Waals surface area contributed by atoms with Crippen LogP contribution >= 0.6 is 0 Å². The Balaban J connectivity index is 2.67. The first-order valence-corrected chi connectivity index (χ1v) is 5.85. The molecule has 0 aromatic carbocycles. The Kier molecular flexibility index (Phi) is 4.94. The molecule has 0 spiro atoms. The van der Waals surface area contributed by atoms with Crippen LogP contribution in [0.25, 0.3) is 0 Å². The maximum atomic E-state index is 11.1. The highest BCUT2D eigenvalue weighted by molar-refractivity contribution is 6.40. The Morgan fingerprint density at radius 3 is 2.65 bits per heavy atom. The van der Waals surface area contributed by atoms with Gasteiger partial charge in [-0.1, -0.05) is 13.3 Å². The summed E-state index contributed by atoms with van der Waals surface area (Å²) in [5, 5.41) is 38.9. The zero-order chi connectivity index (χ0) is 13.1. The highest BCUT2D eigenvalue weighted by atomic mass is 16.4. The van der Waals surface area contributed by atoms with Gasteiger partial charge in [-0.2, -0.15) is 0 Å². The lowest BCUT2D eigenvalue weighted by Gasteiger charge is -2.33. The van der Waals surface area contributed by atoms with E-state index in [0.29, 0.717) is 19.4 Å². The van der Waals surface area contributed by atoms with E-state index in [0.717, 1.165) is 0 Å². The fraction of sp³-hybridized carbons (Fsp3) is 0.900. The number of carboxylic acids is 1. The molecule has 17 heavy (non-hydrogen) atoms. The van der Waals surface area contributed by atoms with E-state index in [2.05, 4.69) is 5.32 Å². The van der Waals surface area contributed by atoms with Crippen LogP contribution in [0.1, 0.15) is 19.8 Å². The highest BCUT2D eigenvalue weighted by Gasteiger charge is 2.49. The standard InChI is InChI=1S/C10H20BNO5/c1-10(3-2-4-11(16)17)7(6-13)5-12-8(10)9(14)15/h7-8,12-13,16-17H,2-6H2,1H3,(H,14,15). The summed E-state index contributed by atoms with van der Waals surface area (Å²) < 4.78 is 0. The average molecular weight is 245 g/mol. The lowest BCUT2D eigenvalue weighted by Crippen LogP contribution is -2.43. The minimum absolute atomic E-state index is 0.0606. The monoisotopic (exact) mass is 245 g/mol. The molecule has 98 valence electrons. The Morgan fingerprint density at radius 2 is 2.18 bits per heavy atom. The van der Waals surface area contributed by atoms with Crippen molar-refractivity contribution in [2.24, 2.45) is 11.3 Å². The summed E-state index contributed by atoms with van der Waals surface area (Å²) in [6.45, 7) is 2.25. The Labute approximate surface area is 101 Å². The van der Waals surface area contributed by atoms with Crippen LogP contribution in [0.3, 0.4) is 0 Å². The van der Waals surface area contributed by atoms with E-state index in [-0.39, 0.29) is 18.8 Å². The van der Waals surface area contributed by atoms with Crippen molar-refractivity contribution in [3.8, 4) is 0 Å². The lowest BCUT2D eigenvalue weighted by molar-refractivity contribution is -0.142. The normalized spacial score (nSPS) is 32.7. The predicted octanol–water partition coefficient (Wildman–Crippen LogP) is -1.09. The van der Waals surface area contributed by atoms with Gasteiger partial charge in [0.1, 0.15) is 6.04 Å². The molecule has 6 nitrogen and oxygen atoms in total. The summed E-state index contributed by atoms with van der Waals surface area (Å²) in [5.74, 6) is -1.03. The van der Waals surface area contributed by atoms with Crippen molar-refractivity contribution in [3.05, 3.63) is 0 Å². The Bertz CT molecular complexity index is 275. The second kappa shape index (κ2) is 5.81. The minimum Gasteiger partial charge on any atom is -0.480 e. The first kappa shape index (κ1) is 14.4. The fourth-order valence-electron chi connectivity index (χ4n) is 2.62. The molecule has 1 aliphatic heterocycles. The topological polar surface area (TPSA) is 110 Å². The van der Waals surface area contributed by atoms with Crippen LogP contribution in [-0.2, 0) is 4.79 Å². The molecule has 3 atom stereocenters. The van der Waals surface area contributed by atoms with Gasteiger partial charge in [0.25, 0.3) is 0 Å². The number of aliphatic carboxylic acids is 1. The van der Waals surface area contributed by atoms with E-state index < -0.39 is 24.5 Å². The van der Waals surface area contributed by atoms with Gasteiger partial charge in [0.15, 0.2) is 0 Å². The molecule has 1 saturated heterocycles. The van der Waals surface area contributed by atoms with Gasteiger partial charge in [0, 0.05) is 19.1 Å². The highest BCUT2D eigenvalue weighted by Crippen LogP contribution is 2.40. The van der Waals surface area contributed by atoms with Crippen molar-refractivity contribution in [1.29, 1.82) is 0 Å². The van der Waals surface area contributed by atoms with Crippen LogP contribution in [0.2, 0.25) is 6.32 Å². The largest absolute Gasteiger partial charge is 0.480 e. The molecule has 1 heterocycles. The van der Waals surface area contributed by atoms with E-state index in [1.165, 1.54) is 0 Å². The zero-order valence-corrected chi connectivity index (χ0v) is 9.96. The molecule has 1 fully saturated rings. The van der Waals surface area contributed by atoms with Crippen LogP contribution in [-0.4, -0.2) is 52.5 Å². The van der Waals surface area contributed by atoms with E-state index in [1.54, 1.807) is 0 Å². The molecule has 0 aromatic heterocycles. The smallest absolute Gasteiger partial charge is 0.451 e. The van der Waals surface area contributed by atoms with Crippen LogP contribution < -0.4 is 5.32 Å². The number of carboxylic acid groups (broad SMARTS) is 1. The van der Waals surface area contributed by atoms with E-state index in [1.807, 2.05) is 6.92 Å². The van der Waals surface area contributed by atoms with Gasteiger partial charge in [-0.05, 0) is 18.2 Å². The first-order chi connectivity index (χ1) is 7.91. The first-order valence-electron chi connectivity index (χ1n) is 5.85. The second-order valence-corrected chi connectivity index (χ2v) is 4.94. The Hall–Kier alpha value is -0.625. The number of hydrogen-bond acceptors (Lipinski definition) is 5. The summed E-state index contributed by atoms with van der Waals surface area (Å²) in [6.07, 6.45) is 1.29. The molecule has 1 aliphatic rings. The van der Waals surface area contributed by atoms with Gasteiger partial charge in [0.05, 0.1) is 0 Å². The van der Waals surface area contributed by atoms with Gasteiger partial charge in [-0.3, -0.25) is 4.79 Å². The van der Waals surface area contributed by atoms with Crippen LogP contribution in [0, 0.1) is 11.3 Å². The summed E-state index contributed by atoms with van der Waals surface area (Å²) in [7, 11) is -1.36. The third-order valence-corrected chi connectivity index (χ3v) is 3.81. The van der Waals surface area contributed by atoms with Crippen molar-refractivity contribution in [2.45, 2.75) is 32.1 Å². The number of aliphatic hydroxyl groups excluding tert-OH is 1. The molecule has 7 heteroatoms. The van der Waals surface area contributed by atoms with E-state index in [4.69, 9.17) is 15.2 Å². The molecule has 0 saturated carbocycles. The predicted molar refractivity (Wildman–Crippen MR) is 62.3 cm³/mol. The third-order valence-electron chi connectivity index (χ3n) is 3.81. The van der Waals surface area contributed by atoms with E-state index in [9.17, 15) is 9.90 Å². The molecular weight excluding hydrogens is 225 g/mol. The molecule has 0 amide bonds. The fourth-order valence-corrected chi connectivity index (χ4v) is 2.62. The van der Waals surface area contributed by atoms with Crippen LogP contribution in [0.4, 0.5) is 0 Å². The Morgan fingerprint density at radius 1 is 1.53 bits per heavy atom. The minimum atomic E-state index is -1.36. The molecule has 1 rings (SSSR count). The summed E-state index contributed by atoms with van der Waals surface area (Å²) in [5.41, 5.74) is -0.546. The van der Waals surface area contributed by atoms with Gasteiger partial charge in [-0.15, -0.1) is 0 Å². The molecule has 0 aliphatic carbocycles. The molecule has 0 aromatic rings. The number of aliphatic hydroxyl groups is 1. The lowest BCUT2D eigenvalue weighted by atomic mass is 9.69. The number of rotatable bonds is 6. The summed E-state index contributed by atoms with van der Waals surface area (Å²) in [4.78, 5) is 11.1. The average Bonchev–Trinajstić information content (AvgIpc) is 2.54.